The van der Waals surface area contributed by atoms with Crippen molar-refractivity contribution in [3.63, 3.8) is 0 Å². The summed E-state index contributed by atoms with van der Waals surface area (Å²) in [6.07, 6.45) is 4.07. The molecule has 0 bridgehead atoms. The van der Waals surface area contributed by atoms with Crippen LogP contribution in [0.2, 0.25) is 0 Å². The molecule has 0 aromatic carbocycles. The Morgan fingerprint density at radius 3 is 2.81 bits per heavy atom. The van der Waals surface area contributed by atoms with Crippen molar-refractivity contribution in [1.29, 1.82) is 0 Å². The summed E-state index contributed by atoms with van der Waals surface area (Å²) in [4.78, 5) is 14.0. The van der Waals surface area contributed by atoms with E-state index in [0.717, 1.165) is 25.7 Å². The van der Waals surface area contributed by atoms with Crippen molar-refractivity contribution in [2.75, 3.05) is 20.4 Å². The van der Waals surface area contributed by atoms with Gasteiger partial charge < -0.3 is 9.64 Å². The van der Waals surface area contributed by atoms with E-state index in [1.54, 1.807) is 7.11 Å². The molecule has 1 fully saturated rings. The summed E-state index contributed by atoms with van der Waals surface area (Å²) in [5.74, 6) is 0.248. The zero-order valence-electron chi connectivity index (χ0n) is 10.7. The maximum atomic E-state index is 12.1. The Kier molecular flexibility index (Phi) is 5.77. The van der Waals surface area contributed by atoms with Gasteiger partial charge in [0.05, 0.1) is 25.4 Å². The lowest BCUT2D eigenvalue weighted by molar-refractivity contribution is -0.132. The van der Waals surface area contributed by atoms with Gasteiger partial charge in [-0.3, -0.25) is 10.1 Å². The zero-order chi connectivity index (χ0) is 12.0. The third-order valence-electron chi connectivity index (χ3n) is 3.09. The summed E-state index contributed by atoms with van der Waals surface area (Å²) in [6.45, 7) is 5.56. The lowest BCUT2D eigenvalue weighted by Gasteiger charge is -2.26. The maximum Gasteiger partial charge on any atom is 0.241 e. The lowest BCUT2D eigenvalue weighted by Crippen LogP contribution is -2.41. The highest BCUT2D eigenvalue weighted by molar-refractivity contribution is 5.84. The molecule has 16 heavy (non-hydrogen) atoms. The molecule has 1 N–H and O–H groups in total. The number of amides is 1. The van der Waals surface area contributed by atoms with Crippen LogP contribution in [-0.4, -0.2) is 43.3 Å². The molecule has 0 saturated carbocycles. The van der Waals surface area contributed by atoms with E-state index < -0.39 is 0 Å². The van der Waals surface area contributed by atoms with Crippen molar-refractivity contribution in [1.82, 2.24) is 10.2 Å². The highest BCUT2D eigenvalue weighted by atomic mass is 16.5. The minimum Gasteiger partial charge on any atom is -0.383 e. The van der Waals surface area contributed by atoms with Crippen molar-refractivity contribution in [2.24, 2.45) is 0 Å². The average Bonchev–Trinajstić information content (AvgIpc) is 2.61. The van der Waals surface area contributed by atoms with Gasteiger partial charge in [-0.25, -0.2) is 0 Å². The molecule has 0 aromatic rings. The van der Waals surface area contributed by atoms with Crippen molar-refractivity contribution in [3.8, 4) is 0 Å². The minimum absolute atomic E-state index is 0.0289. The highest BCUT2D eigenvalue weighted by Crippen LogP contribution is 2.15. The molecule has 0 spiro atoms. The monoisotopic (exact) mass is 228 g/mol. The molecule has 2 unspecified atom stereocenters. The number of rotatable bonds is 7. The summed E-state index contributed by atoms with van der Waals surface area (Å²) in [5.41, 5.74) is 0. The Morgan fingerprint density at radius 2 is 2.25 bits per heavy atom. The molecule has 0 radical (unpaired) electrons. The third-order valence-corrected chi connectivity index (χ3v) is 3.09. The van der Waals surface area contributed by atoms with Crippen LogP contribution in [0.15, 0.2) is 0 Å². The summed E-state index contributed by atoms with van der Waals surface area (Å²) in [6, 6.07) is 0.262. The first-order valence-electron chi connectivity index (χ1n) is 6.27. The second kappa shape index (κ2) is 6.86. The summed E-state index contributed by atoms with van der Waals surface area (Å²) in [7, 11) is 1.69. The molecule has 4 nitrogen and oxygen atoms in total. The van der Waals surface area contributed by atoms with Crippen molar-refractivity contribution < 1.29 is 9.53 Å². The van der Waals surface area contributed by atoms with Gasteiger partial charge in [0, 0.05) is 7.11 Å². The number of nitrogens with one attached hydrogen (secondary N) is 1. The first-order valence-corrected chi connectivity index (χ1v) is 6.27. The number of ether oxygens (including phenoxy) is 1. The van der Waals surface area contributed by atoms with Gasteiger partial charge in [0.2, 0.25) is 5.91 Å². The smallest absolute Gasteiger partial charge is 0.241 e. The number of nitrogens with zero attached hydrogens (tertiary/aromatic N) is 1. The van der Waals surface area contributed by atoms with E-state index in [-0.39, 0.29) is 18.0 Å². The van der Waals surface area contributed by atoms with Gasteiger partial charge in [-0.2, -0.15) is 0 Å². The molecule has 1 heterocycles. The van der Waals surface area contributed by atoms with E-state index in [0.29, 0.717) is 13.3 Å². The Hall–Kier alpha value is -0.610. The van der Waals surface area contributed by atoms with Gasteiger partial charge in [0.25, 0.3) is 0 Å². The predicted molar refractivity (Wildman–Crippen MR) is 64.1 cm³/mol. The molecular weight excluding hydrogens is 204 g/mol. The van der Waals surface area contributed by atoms with E-state index >= 15 is 0 Å². The SMILES string of the molecule is CCCC1NCN(C(CCC)COC)C1=O. The topological polar surface area (TPSA) is 41.6 Å². The first-order chi connectivity index (χ1) is 7.74. The van der Waals surface area contributed by atoms with Crippen LogP contribution < -0.4 is 5.32 Å². The quantitative estimate of drug-likeness (QED) is 0.715. The van der Waals surface area contributed by atoms with Crippen molar-refractivity contribution >= 4 is 5.91 Å². The van der Waals surface area contributed by atoms with E-state index in [1.807, 2.05) is 4.90 Å². The molecule has 1 rings (SSSR count). The zero-order valence-corrected chi connectivity index (χ0v) is 10.7. The summed E-state index contributed by atoms with van der Waals surface area (Å²) >= 11 is 0. The number of carbonyl (C=O) groups is 1. The second-order valence-corrected chi connectivity index (χ2v) is 4.41. The van der Waals surface area contributed by atoms with E-state index in [9.17, 15) is 4.79 Å². The Morgan fingerprint density at radius 1 is 1.50 bits per heavy atom. The van der Waals surface area contributed by atoms with Crippen LogP contribution >= 0.6 is 0 Å². The van der Waals surface area contributed by atoms with Gasteiger partial charge in [-0.05, 0) is 12.8 Å². The molecule has 2 atom stereocenters. The first kappa shape index (κ1) is 13.5. The molecule has 1 aliphatic heterocycles. The molecule has 1 saturated heterocycles. The number of hydrogen-bond donors (Lipinski definition) is 1. The van der Waals surface area contributed by atoms with Crippen molar-refractivity contribution in [3.05, 3.63) is 0 Å². The second-order valence-electron chi connectivity index (χ2n) is 4.41. The fraction of sp³-hybridized carbons (Fsp3) is 0.917. The lowest BCUT2D eigenvalue weighted by atomic mass is 10.1. The van der Waals surface area contributed by atoms with E-state index in [2.05, 4.69) is 19.2 Å². The number of methoxy groups -OCH3 is 1. The van der Waals surface area contributed by atoms with Crippen LogP contribution in [0, 0.1) is 0 Å². The Balaban J connectivity index is 2.54. The molecule has 4 heteroatoms. The fourth-order valence-electron chi connectivity index (χ4n) is 2.25. The third kappa shape index (κ3) is 3.19. The van der Waals surface area contributed by atoms with Crippen molar-refractivity contribution in [2.45, 2.75) is 51.6 Å². The molecule has 0 aromatic heterocycles. The summed E-state index contributed by atoms with van der Waals surface area (Å²) in [5, 5.41) is 3.28. The van der Waals surface area contributed by atoms with Gasteiger partial charge in [0.1, 0.15) is 0 Å². The largest absolute Gasteiger partial charge is 0.383 e. The van der Waals surface area contributed by atoms with Gasteiger partial charge >= 0.3 is 0 Å². The Bertz CT molecular complexity index is 215. The van der Waals surface area contributed by atoms with Crippen LogP contribution in [0.3, 0.4) is 0 Å². The van der Waals surface area contributed by atoms with Crippen LogP contribution in [0.4, 0.5) is 0 Å². The van der Waals surface area contributed by atoms with Crippen LogP contribution in [0.1, 0.15) is 39.5 Å². The van der Waals surface area contributed by atoms with E-state index in [1.165, 1.54) is 0 Å². The number of carbonyl (C=O) groups excluding carboxylic acids is 1. The molecule has 1 amide bonds. The minimum atomic E-state index is 0.0289. The van der Waals surface area contributed by atoms with Gasteiger partial charge in [-0.1, -0.05) is 26.7 Å². The number of hydrogen-bond acceptors (Lipinski definition) is 3. The maximum absolute atomic E-state index is 12.1. The molecule has 94 valence electrons. The standard InChI is InChI=1S/C12H24N2O2/c1-4-6-10(8-16-3)14-9-13-11(7-5-2)12(14)15/h10-11,13H,4-9H2,1-3H3. The molecule has 1 aliphatic rings. The molecule has 0 aliphatic carbocycles. The fourth-order valence-corrected chi connectivity index (χ4v) is 2.25. The van der Waals surface area contributed by atoms with Crippen LogP contribution in [0.25, 0.3) is 0 Å². The van der Waals surface area contributed by atoms with Crippen LogP contribution in [-0.2, 0) is 9.53 Å². The molecular formula is C12H24N2O2. The predicted octanol–water partition coefficient (Wildman–Crippen LogP) is 1.36. The van der Waals surface area contributed by atoms with E-state index in [4.69, 9.17) is 4.74 Å². The van der Waals surface area contributed by atoms with Gasteiger partial charge in [0.15, 0.2) is 0 Å². The highest BCUT2D eigenvalue weighted by Gasteiger charge is 2.34. The average molecular weight is 228 g/mol. The van der Waals surface area contributed by atoms with Crippen LogP contribution in [0.5, 0.6) is 0 Å². The summed E-state index contributed by atoms with van der Waals surface area (Å²) < 4.78 is 5.19. The normalized spacial score (nSPS) is 22.8. The Labute approximate surface area is 98.3 Å². The van der Waals surface area contributed by atoms with Gasteiger partial charge in [-0.15, -0.1) is 0 Å².